The second-order valence-corrected chi connectivity index (χ2v) is 6.57. The smallest absolute Gasteiger partial charge is 0.257 e. The lowest BCUT2D eigenvalue weighted by Gasteiger charge is -2.27. The largest absolute Gasteiger partial charge is 0.483 e. The van der Waals surface area contributed by atoms with E-state index in [1.807, 2.05) is 0 Å². The van der Waals surface area contributed by atoms with E-state index >= 15 is 0 Å². The van der Waals surface area contributed by atoms with Crippen LogP contribution in [0.1, 0.15) is 46.4 Å². The van der Waals surface area contributed by atoms with E-state index in [4.69, 9.17) is 9.84 Å². The number of benzene rings is 1. The van der Waals surface area contributed by atoms with Crippen molar-refractivity contribution in [2.45, 2.75) is 31.7 Å². The molecule has 1 atom stereocenters. The second-order valence-electron chi connectivity index (χ2n) is 6.57. The number of likely N-dealkylation sites (N-methyl/N-ethyl adjacent to an activating group) is 2. The maximum Gasteiger partial charge on any atom is 0.257 e. The van der Waals surface area contributed by atoms with Gasteiger partial charge in [0.1, 0.15) is 24.4 Å². The van der Waals surface area contributed by atoms with E-state index in [-0.39, 0.29) is 36.3 Å². The molecule has 1 rings (SSSR count). The fourth-order valence-corrected chi connectivity index (χ4v) is 2.81. The van der Waals surface area contributed by atoms with E-state index < -0.39 is 23.8 Å². The van der Waals surface area contributed by atoms with Gasteiger partial charge in [-0.05, 0) is 25.0 Å². The standard InChI is InChI=1S/C21H27N3O7.CH4O/c1-22-20(29)17(8-6-12-26)24(2)21(30)15-7-5-9-18(16(15)13-27)31-14-19(28)23-10-3-4-11-25;1-2/h5,7,9,11-13,17H,3-4,6,8,10,14H2,1-2H3,(H,22,29)(H,23,28);2H,1H3. The molecule has 3 amide bonds. The Hall–Kier alpha value is -3.60. The predicted molar refractivity (Wildman–Crippen MR) is 119 cm³/mol. The van der Waals surface area contributed by atoms with Gasteiger partial charge in [-0.25, -0.2) is 0 Å². The summed E-state index contributed by atoms with van der Waals surface area (Å²) in [5.74, 6) is -1.44. The molecule has 0 aliphatic heterocycles. The molecule has 1 aromatic rings. The molecular formula is C22H31N3O8. The van der Waals surface area contributed by atoms with Crippen LogP contribution in [0.15, 0.2) is 18.2 Å². The van der Waals surface area contributed by atoms with Crippen molar-refractivity contribution < 1.29 is 38.6 Å². The third-order valence-electron chi connectivity index (χ3n) is 4.49. The summed E-state index contributed by atoms with van der Waals surface area (Å²) < 4.78 is 5.40. The Morgan fingerprint density at radius 2 is 1.79 bits per heavy atom. The van der Waals surface area contributed by atoms with E-state index in [2.05, 4.69) is 10.6 Å². The summed E-state index contributed by atoms with van der Waals surface area (Å²) in [7, 11) is 3.83. The van der Waals surface area contributed by atoms with Crippen LogP contribution in [0.2, 0.25) is 0 Å². The summed E-state index contributed by atoms with van der Waals surface area (Å²) >= 11 is 0. The van der Waals surface area contributed by atoms with E-state index in [0.717, 1.165) is 18.3 Å². The summed E-state index contributed by atoms with van der Waals surface area (Å²) in [5, 5.41) is 12.0. The Bertz CT molecular complexity index is 813. The zero-order valence-corrected chi connectivity index (χ0v) is 19.0. The van der Waals surface area contributed by atoms with Gasteiger partial charge in [0.2, 0.25) is 5.91 Å². The number of unbranched alkanes of at least 4 members (excludes halogenated alkanes) is 1. The number of hydrogen-bond acceptors (Lipinski definition) is 8. The van der Waals surface area contributed by atoms with Crippen LogP contribution in [0, 0.1) is 0 Å². The third-order valence-corrected chi connectivity index (χ3v) is 4.49. The molecule has 3 N–H and O–H groups in total. The van der Waals surface area contributed by atoms with Crippen LogP contribution in [-0.2, 0) is 19.2 Å². The summed E-state index contributed by atoms with van der Waals surface area (Å²) in [6.45, 7) is -0.0674. The second kappa shape index (κ2) is 17.0. The van der Waals surface area contributed by atoms with Crippen LogP contribution >= 0.6 is 0 Å². The molecule has 1 aromatic carbocycles. The van der Waals surface area contributed by atoms with Gasteiger partial charge in [-0.3, -0.25) is 19.2 Å². The zero-order chi connectivity index (χ0) is 25.2. The van der Waals surface area contributed by atoms with Crippen LogP contribution in [0.25, 0.3) is 0 Å². The monoisotopic (exact) mass is 465 g/mol. The minimum atomic E-state index is -0.899. The summed E-state index contributed by atoms with van der Waals surface area (Å²) in [6, 6.07) is 3.45. The fraction of sp³-hybridized carbons (Fsp3) is 0.455. The van der Waals surface area contributed by atoms with E-state index in [1.165, 1.54) is 32.3 Å². The minimum absolute atomic E-state index is 0.00129. The number of carbonyl (C=O) groups excluding carboxylic acids is 6. The fourth-order valence-electron chi connectivity index (χ4n) is 2.81. The Morgan fingerprint density at radius 1 is 1.12 bits per heavy atom. The van der Waals surface area contributed by atoms with Crippen molar-refractivity contribution >= 4 is 36.6 Å². The summed E-state index contributed by atoms with van der Waals surface area (Å²) in [5.41, 5.74) is -0.0550. The van der Waals surface area contributed by atoms with Gasteiger partial charge in [0.15, 0.2) is 12.9 Å². The van der Waals surface area contributed by atoms with Crippen LogP contribution in [0.4, 0.5) is 0 Å². The molecule has 1 unspecified atom stereocenters. The van der Waals surface area contributed by atoms with E-state index in [9.17, 15) is 28.8 Å². The first-order valence-electron chi connectivity index (χ1n) is 10.2. The number of nitrogens with zero attached hydrogens (tertiary/aromatic N) is 1. The number of aliphatic hydroxyl groups is 1. The van der Waals surface area contributed by atoms with Gasteiger partial charge in [-0.15, -0.1) is 0 Å². The van der Waals surface area contributed by atoms with Crippen molar-refractivity contribution in [2.24, 2.45) is 0 Å². The van der Waals surface area contributed by atoms with Gasteiger partial charge in [0, 0.05) is 40.6 Å². The molecule has 33 heavy (non-hydrogen) atoms. The highest BCUT2D eigenvalue weighted by molar-refractivity contribution is 6.04. The minimum Gasteiger partial charge on any atom is -0.483 e. The van der Waals surface area contributed by atoms with Crippen LogP contribution in [-0.4, -0.2) is 87.0 Å². The van der Waals surface area contributed by atoms with Gasteiger partial charge in [0.05, 0.1) is 11.1 Å². The molecule has 0 spiro atoms. The van der Waals surface area contributed by atoms with Crippen molar-refractivity contribution in [3.8, 4) is 5.75 Å². The van der Waals surface area contributed by atoms with Crippen LogP contribution < -0.4 is 15.4 Å². The highest BCUT2D eigenvalue weighted by Crippen LogP contribution is 2.23. The molecule has 182 valence electrons. The van der Waals surface area contributed by atoms with Crippen molar-refractivity contribution in [3.05, 3.63) is 29.3 Å². The summed E-state index contributed by atoms with van der Waals surface area (Å²) in [6.07, 6.45) is 2.90. The number of hydrogen-bond donors (Lipinski definition) is 3. The summed E-state index contributed by atoms with van der Waals surface area (Å²) in [4.78, 5) is 70.8. The van der Waals surface area contributed by atoms with E-state index in [1.54, 1.807) is 0 Å². The Kier molecular flexibility index (Phi) is 15.2. The molecule has 0 aliphatic rings. The molecule has 11 nitrogen and oxygen atoms in total. The Balaban J connectivity index is 0.00000497. The number of amides is 3. The lowest BCUT2D eigenvalue weighted by atomic mass is 10.0. The quantitative estimate of drug-likeness (QED) is 0.250. The van der Waals surface area contributed by atoms with Crippen LogP contribution in [0.3, 0.4) is 0 Å². The molecule has 0 saturated carbocycles. The molecule has 0 aromatic heterocycles. The normalized spacial score (nSPS) is 10.5. The maximum absolute atomic E-state index is 13.0. The van der Waals surface area contributed by atoms with Crippen molar-refractivity contribution in [1.82, 2.24) is 15.5 Å². The molecule has 0 fully saturated rings. The Morgan fingerprint density at radius 3 is 2.36 bits per heavy atom. The van der Waals surface area contributed by atoms with E-state index in [0.29, 0.717) is 32.0 Å². The lowest BCUT2D eigenvalue weighted by molar-refractivity contribution is -0.125. The number of rotatable bonds is 14. The van der Waals surface area contributed by atoms with Gasteiger partial charge < -0.3 is 35.0 Å². The van der Waals surface area contributed by atoms with Gasteiger partial charge in [0.25, 0.3) is 11.8 Å². The topological polar surface area (TPSA) is 159 Å². The highest BCUT2D eigenvalue weighted by atomic mass is 16.5. The highest BCUT2D eigenvalue weighted by Gasteiger charge is 2.28. The van der Waals surface area contributed by atoms with Crippen molar-refractivity contribution in [3.63, 3.8) is 0 Å². The van der Waals surface area contributed by atoms with Crippen LogP contribution in [0.5, 0.6) is 5.75 Å². The SMILES string of the molecule is CNC(=O)C(CCC=O)N(C)C(=O)c1cccc(OCC(=O)NCCCC=O)c1C=O.CO. The molecule has 0 saturated heterocycles. The first-order chi connectivity index (χ1) is 15.9. The predicted octanol–water partition coefficient (Wildman–Crippen LogP) is -0.253. The van der Waals surface area contributed by atoms with Gasteiger partial charge >= 0.3 is 0 Å². The number of carbonyl (C=O) groups is 6. The maximum atomic E-state index is 13.0. The molecule has 0 bridgehead atoms. The molecule has 0 radical (unpaired) electrons. The van der Waals surface area contributed by atoms with Gasteiger partial charge in [-0.2, -0.15) is 0 Å². The third kappa shape index (κ3) is 9.60. The average molecular weight is 466 g/mol. The lowest BCUT2D eigenvalue weighted by Crippen LogP contribution is -2.47. The number of nitrogens with one attached hydrogen (secondary N) is 2. The van der Waals surface area contributed by atoms with Crippen molar-refractivity contribution in [2.75, 3.05) is 34.4 Å². The first kappa shape index (κ1) is 29.4. The first-order valence-corrected chi connectivity index (χ1v) is 10.2. The van der Waals surface area contributed by atoms with Crippen molar-refractivity contribution in [1.29, 1.82) is 0 Å². The molecule has 0 heterocycles. The molecular weight excluding hydrogens is 434 g/mol. The molecule has 11 heteroatoms. The Labute approximate surface area is 192 Å². The van der Waals surface area contributed by atoms with Gasteiger partial charge in [-0.1, -0.05) is 6.07 Å². The zero-order valence-electron chi connectivity index (χ0n) is 19.0. The number of aldehydes is 3. The average Bonchev–Trinajstić information content (AvgIpc) is 2.85. The number of aliphatic hydroxyl groups excluding tert-OH is 1. The molecule has 0 aliphatic carbocycles. The number of ether oxygens (including phenoxy) is 1.